The Morgan fingerprint density at radius 3 is 2.65 bits per heavy atom. The van der Waals surface area contributed by atoms with Crippen molar-refractivity contribution >= 4 is 23.1 Å². The summed E-state index contributed by atoms with van der Waals surface area (Å²) >= 11 is 0. The van der Waals surface area contributed by atoms with Crippen LogP contribution in [0.3, 0.4) is 0 Å². The molecule has 1 aliphatic rings. The molecular formula is C21H28N8O2. The zero-order chi connectivity index (χ0) is 22.1. The Hall–Kier alpha value is -3.30. The predicted molar refractivity (Wildman–Crippen MR) is 117 cm³/mol. The zero-order valence-electron chi connectivity index (χ0n) is 18.3. The van der Waals surface area contributed by atoms with E-state index in [9.17, 15) is 9.90 Å². The van der Waals surface area contributed by atoms with E-state index in [1.807, 2.05) is 18.4 Å². The maximum atomic E-state index is 11.8. The second-order valence-corrected chi connectivity index (χ2v) is 7.98. The van der Waals surface area contributed by atoms with E-state index in [0.717, 1.165) is 29.9 Å². The van der Waals surface area contributed by atoms with Gasteiger partial charge in [-0.25, -0.2) is 29.7 Å². The van der Waals surface area contributed by atoms with Crippen LogP contribution in [0, 0.1) is 12.8 Å². The molecule has 3 aromatic rings. The van der Waals surface area contributed by atoms with Gasteiger partial charge in [-0.3, -0.25) is 0 Å². The van der Waals surface area contributed by atoms with E-state index in [-0.39, 0.29) is 18.0 Å². The quantitative estimate of drug-likeness (QED) is 0.619. The number of nitrogens with zero attached hydrogens (tertiary/aromatic N) is 7. The second-order valence-electron chi connectivity index (χ2n) is 7.98. The van der Waals surface area contributed by atoms with E-state index in [1.54, 1.807) is 17.3 Å². The summed E-state index contributed by atoms with van der Waals surface area (Å²) in [5.74, 6) is 2.28. The minimum Gasteiger partial charge on any atom is -0.465 e. The van der Waals surface area contributed by atoms with Gasteiger partial charge in [-0.1, -0.05) is 20.3 Å². The summed E-state index contributed by atoms with van der Waals surface area (Å²) in [7, 11) is 0. The van der Waals surface area contributed by atoms with Crippen LogP contribution in [0.5, 0.6) is 0 Å². The smallest absolute Gasteiger partial charge is 0.407 e. The van der Waals surface area contributed by atoms with Crippen molar-refractivity contribution in [2.75, 3.05) is 11.9 Å². The molecule has 3 unspecified atom stereocenters. The van der Waals surface area contributed by atoms with Gasteiger partial charge in [0.2, 0.25) is 0 Å². The zero-order valence-corrected chi connectivity index (χ0v) is 18.3. The molecule has 0 bridgehead atoms. The minimum atomic E-state index is -0.876. The largest absolute Gasteiger partial charge is 0.465 e. The van der Waals surface area contributed by atoms with Crippen molar-refractivity contribution in [3.05, 3.63) is 24.5 Å². The van der Waals surface area contributed by atoms with Gasteiger partial charge in [0, 0.05) is 25.5 Å². The summed E-state index contributed by atoms with van der Waals surface area (Å²) in [5, 5.41) is 13.1. The lowest BCUT2D eigenvalue weighted by atomic mass is 9.93. The lowest BCUT2D eigenvalue weighted by Gasteiger charge is -2.31. The maximum absolute atomic E-state index is 11.8. The number of nitrogens with one attached hydrogen (secondary N) is 1. The number of amides is 1. The number of carbonyl (C=O) groups is 1. The summed E-state index contributed by atoms with van der Waals surface area (Å²) in [6.07, 6.45) is 5.79. The Bertz CT molecular complexity index is 1080. The van der Waals surface area contributed by atoms with Crippen LogP contribution in [0.2, 0.25) is 0 Å². The Morgan fingerprint density at radius 2 is 2.00 bits per heavy atom. The van der Waals surface area contributed by atoms with Gasteiger partial charge in [-0.05, 0) is 26.2 Å². The van der Waals surface area contributed by atoms with Crippen LogP contribution in [0.15, 0.2) is 18.7 Å². The van der Waals surface area contributed by atoms with Crippen LogP contribution in [0.25, 0.3) is 22.6 Å². The molecule has 3 atom stereocenters. The molecule has 4 rings (SSSR count). The SMILES string of the molecule is CCC(C)C1C(Nc2ncnc3c2nc(-c2cnc(C)nc2)n3CC)CCN1C(=O)O. The van der Waals surface area contributed by atoms with Crippen molar-refractivity contribution in [2.45, 2.75) is 59.2 Å². The molecule has 10 nitrogen and oxygen atoms in total. The average molecular weight is 425 g/mol. The monoisotopic (exact) mass is 424 g/mol. The van der Waals surface area contributed by atoms with E-state index in [4.69, 9.17) is 4.98 Å². The molecule has 0 radical (unpaired) electrons. The van der Waals surface area contributed by atoms with Gasteiger partial charge in [-0.15, -0.1) is 0 Å². The van der Waals surface area contributed by atoms with Crippen molar-refractivity contribution < 1.29 is 9.90 Å². The van der Waals surface area contributed by atoms with Gasteiger partial charge >= 0.3 is 6.09 Å². The molecule has 31 heavy (non-hydrogen) atoms. The summed E-state index contributed by atoms with van der Waals surface area (Å²) in [6, 6.07) is -0.159. The number of hydrogen-bond acceptors (Lipinski definition) is 7. The highest BCUT2D eigenvalue weighted by Crippen LogP contribution is 2.31. The van der Waals surface area contributed by atoms with Gasteiger partial charge in [0.25, 0.3) is 0 Å². The second kappa shape index (κ2) is 8.44. The van der Waals surface area contributed by atoms with Crippen molar-refractivity contribution in [1.82, 2.24) is 34.4 Å². The molecule has 10 heteroatoms. The van der Waals surface area contributed by atoms with Gasteiger partial charge in [-0.2, -0.15) is 0 Å². The first-order valence-electron chi connectivity index (χ1n) is 10.7. The number of rotatable bonds is 6. The summed E-state index contributed by atoms with van der Waals surface area (Å²) in [4.78, 5) is 35.7. The van der Waals surface area contributed by atoms with Gasteiger partial charge in [0.15, 0.2) is 17.0 Å². The summed E-state index contributed by atoms with van der Waals surface area (Å²) in [6.45, 7) is 9.25. The molecule has 0 saturated carbocycles. The standard InChI is InChI=1S/C21H28N8O2/c1-5-12(3)17-15(7-8-29(17)21(30)31)26-18-16-20(25-11-24-18)28(6-2)19(27-16)14-9-22-13(4)23-10-14/h9-12,15,17H,5-8H2,1-4H3,(H,30,31)(H,24,25,26). The number of fused-ring (bicyclic) bond motifs is 1. The first-order chi connectivity index (χ1) is 14.9. The molecule has 2 N–H and O–H groups in total. The van der Waals surface area contributed by atoms with E-state index in [1.165, 1.54) is 6.33 Å². The number of likely N-dealkylation sites (tertiary alicyclic amines) is 1. The van der Waals surface area contributed by atoms with Crippen molar-refractivity contribution in [2.24, 2.45) is 5.92 Å². The summed E-state index contributed by atoms with van der Waals surface area (Å²) < 4.78 is 2.01. The molecule has 1 aliphatic heterocycles. The van der Waals surface area contributed by atoms with E-state index in [2.05, 4.69) is 39.1 Å². The van der Waals surface area contributed by atoms with Crippen molar-refractivity contribution in [1.29, 1.82) is 0 Å². The van der Waals surface area contributed by atoms with Crippen LogP contribution in [0.1, 0.15) is 39.4 Å². The molecule has 1 fully saturated rings. The van der Waals surface area contributed by atoms with Crippen molar-refractivity contribution in [3.63, 3.8) is 0 Å². The minimum absolute atomic E-state index is 0.0397. The topological polar surface area (TPSA) is 122 Å². The molecule has 164 valence electrons. The van der Waals surface area contributed by atoms with Crippen LogP contribution in [0.4, 0.5) is 10.6 Å². The third kappa shape index (κ3) is 3.77. The number of hydrogen-bond donors (Lipinski definition) is 2. The normalized spacial score (nSPS) is 19.7. The predicted octanol–water partition coefficient (Wildman–Crippen LogP) is 3.19. The number of aryl methyl sites for hydroxylation is 2. The van der Waals surface area contributed by atoms with Gasteiger partial charge in [0.05, 0.1) is 17.6 Å². The number of aromatic nitrogens is 6. The molecule has 0 aliphatic carbocycles. The lowest BCUT2D eigenvalue weighted by molar-refractivity contribution is 0.124. The fraction of sp³-hybridized carbons (Fsp3) is 0.524. The Kier molecular flexibility index (Phi) is 5.71. The van der Waals surface area contributed by atoms with Crippen LogP contribution < -0.4 is 5.32 Å². The Labute approximate surface area is 180 Å². The maximum Gasteiger partial charge on any atom is 0.407 e. The van der Waals surface area contributed by atoms with Crippen LogP contribution in [-0.2, 0) is 6.54 Å². The number of imidazole rings is 1. The first kappa shape index (κ1) is 21.0. The molecule has 3 aromatic heterocycles. The summed E-state index contributed by atoms with van der Waals surface area (Å²) in [5.41, 5.74) is 2.20. The third-order valence-electron chi connectivity index (χ3n) is 6.14. The Balaban J connectivity index is 1.73. The molecule has 1 saturated heterocycles. The highest BCUT2D eigenvalue weighted by atomic mass is 16.4. The molecule has 0 spiro atoms. The third-order valence-corrected chi connectivity index (χ3v) is 6.14. The van der Waals surface area contributed by atoms with Crippen LogP contribution >= 0.6 is 0 Å². The average Bonchev–Trinajstić information content (AvgIpc) is 3.36. The molecule has 1 amide bonds. The molecule has 4 heterocycles. The molecule has 0 aromatic carbocycles. The number of carboxylic acid groups (broad SMARTS) is 1. The fourth-order valence-corrected chi connectivity index (χ4v) is 4.39. The Morgan fingerprint density at radius 1 is 1.26 bits per heavy atom. The molecular weight excluding hydrogens is 396 g/mol. The van der Waals surface area contributed by atoms with Gasteiger partial charge in [0.1, 0.15) is 18.0 Å². The van der Waals surface area contributed by atoms with E-state index >= 15 is 0 Å². The van der Waals surface area contributed by atoms with E-state index in [0.29, 0.717) is 30.2 Å². The van der Waals surface area contributed by atoms with Crippen LogP contribution in [-0.4, -0.2) is 64.2 Å². The number of anilines is 1. The highest BCUT2D eigenvalue weighted by Gasteiger charge is 2.40. The first-order valence-corrected chi connectivity index (χ1v) is 10.7. The highest BCUT2D eigenvalue weighted by molar-refractivity contribution is 5.86. The van der Waals surface area contributed by atoms with E-state index < -0.39 is 6.09 Å². The van der Waals surface area contributed by atoms with Gasteiger partial charge < -0.3 is 19.9 Å². The lowest BCUT2D eigenvalue weighted by Crippen LogP contribution is -2.45. The van der Waals surface area contributed by atoms with Crippen molar-refractivity contribution in [3.8, 4) is 11.4 Å². The fourth-order valence-electron chi connectivity index (χ4n) is 4.39.